The largest absolute Gasteiger partial charge is 0.497 e. The molecule has 0 saturated carbocycles. The minimum Gasteiger partial charge on any atom is -0.497 e. The zero-order valence-electron chi connectivity index (χ0n) is 12.2. The highest BCUT2D eigenvalue weighted by atomic mass is 16.5. The highest BCUT2D eigenvalue weighted by Gasteiger charge is 2.03. The number of rotatable bonds is 2. The molecule has 0 bridgehead atoms. The van der Waals surface area contributed by atoms with Gasteiger partial charge >= 0.3 is 0 Å². The number of carbonyl (C=O) groups excluding carboxylic acids is 1. The molecule has 0 spiro atoms. The molecular weight excluding hydrogens is 272 g/mol. The Bertz CT molecular complexity index is 881. The molecule has 0 atom stereocenters. The molecule has 3 rings (SSSR count). The van der Waals surface area contributed by atoms with E-state index in [0.717, 1.165) is 22.1 Å². The second-order valence-corrected chi connectivity index (χ2v) is 4.87. The molecule has 0 aliphatic rings. The maximum Gasteiger partial charge on any atom is 0.236 e. The lowest BCUT2D eigenvalue weighted by atomic mass is 10.0. The highest BCUT2D eigenvalue weighted by molar-refractivity contribution is 6.10. The average molecular weight is 286 g/mol. The fourth-order valence-electron chi connectivity index (χ4n) is 2.21. The Morgan fingerprint density at radius 2 is 1.64 bits per heavy atom. The zero-order chi connectivity index (χ0) is 15.4. The average Bonchev–Trinajstić information content (AvgIpc) is 2.59. The summed E-state index contributed by atoms with van der Waals surface area (Å²) >= 11 is 0. The molecule has 3 aromatic rings. The third-order valence-electron chi connectivity index (χ3n) is 3.42. The van der Waals surface area contributed by atoms with Gasteiger partial charge in [-0.15, -0.1) is 0 Å². The van der Waals surface area contributed by atoms with Crippen LogP contribution in [0, 0.1) is 11.8 Å². The number of benzene rings is 3. The molecule has 0 fully saturated rings. The van der Waals surface area contributed by atoms with Crippen molar-refractivity contribution in [1.82, 2.24) is 0 Å². The minimum atomic E-state index is -0.179. The van der Waals surface area contributed by atoms with Crippen molar-refractivity contribution in [2.75, 3.05) is 7.11 Å². The Hall–Kier alpha value is -3.05. The molecule has 2 heteroatoms. The lowest BCUT2D eigenvalue weighted by molar-refractivity contribution is 0.105. The summed E-state index contributed by atoms with van der Waals surface area (Å²) in [5.41, 5.74) is 1.40. The number of ketones is 1. The number of fused-ring (bicyclic) bond motifs is 1. The van der Waals surface area contributed by atoms with Crippen molar-refractivity contribution in [2.24, 2.45) is 0 Å². The van der Waals surface area contributed by atoms with Crippen LogP contribution in [0.4, 0.5) is 0 Å². The predicted octanol–water partition coefficient (Wildman–Crippen LogP) is 4.08. The second-order valence-electron chi connectivity index (χ2n) is 4.87. The summed E-state index contributed by atoms with van der Waals surface area (Å²) in [7, 11) is 1.62. The van der Waals surface area contributed by atoms with Crippen molar-refractivity contribution in [3.63, 3.8) is 0 Å². The van der Waals surface area contributed by atoms with E-state index in [1.165, 1.54) is 0 Å². The van der Waals surface area contributed by atoms with Crippen molar-refractivity contribution in [2.45, 2.75) is 0 Å². The summed E-state index contributed by atoms with van der Waals surface area (Å²) in [6, 6.07) is 20.9. The van der Waals surface area contributed by atoms with Gasteiger partial charge in [0.1, 0.15) is 5.75 Å². The van der Waals surface area contributed by atoms with Gasteiger partial charge in [0.15, 0.2) is 0 Å². The zero-order valence-corrected chi connectivity index (χ0v) is 12.2. The standard InChI is InChI=1S/C20H14O2/c1-22-19-11-6-15(7-12-19)8-13-20(21)18-10-9-16-4-2-3-5-17(16)14-18/h2-7,9-12,14H,1H3. The molecule has 0 N–H and O–H groups in total. The lowest BCUT2D eigenvalue weighted by Gasteiger charge is -1.99. The maximum absolute atomic E-state index is 12.2. The van der Waals surface area contributed by atoms with E-state index >= 15 is 0 Å². The topological polar surface area (TPSA) is 26.3 Å². The van der Waals surface area contributed by atoms with E-state index in [2.05, 4.69) is 11.8 Å². The van der Waals surface area contributed by atoms with Crippen molar-refractivity contribution < 1.29 is 9.53 Å². The Labute approximate surface area is 129 Å². The molecule has 0 radical (unpaired) electrons. The summed E-state index contributed by atoms with van der Waals surface area (Å²) < 4.78 is 5.09. The Kier molecular flexibility index (Phi) is 3.89. The molecule has 0 aliphatic carbocycles. The van der Waals surface area contributed by atoms with Gasteiger partial charge in [-0.05, 0) is 53.1 Å². The number of Topliss-reactive ketones (excluding diaryl/α,β-unsaturated/α-hetero) is 1. The van der Waals surface area contributed by atoms with E-state index in [-0.39, 0.29) is 5.78 Å². The minimum absolute atomic E-state index is 0.179. The summed E-state index contributed by atoms with van der Waals surface area (Å²) in [6.07, 6.45) is 0. The Morgan fingerprint density at radius 1 is 0.909 bits per heavy atom. The first-order valence-electron chi connectivity index (χ1n) is 6.95. The SMILES string of the molecule is COc1ccc(C#CC(=O)c2ccc3ccccc3c2)cc1. The summed E-state index contributed by atoms with van der Waals surface area (Å²) in [5, 5.41) is 2.15. The van der Waals surface area contributed by atoms with Crippen LogP contribution in [-0.4, -0.2) is 12.9 Å². The van der Waals surface area contributed by atoms with E-state index in [1.54, 1.807) is 7.11 Å². The van der Waals surface area contributed by atoms with Crippen LogP contribution >= 0.6 is 0 Å². The van der Waals surface area contributed by atoms with Crippen molar-refractivity contribution >= 4 is 16.6 Å². The smallest absolute Gasteiger partial charge is 0.236 e. The van der Waals surface area contributed by atoms with Gasteiger partial charge in [-0.25, -0.2) is 0 Å². The quantitative estimate of drug-likeness (QED) is 0.524. The van der Waals surface area contributed by atoms with E-state index < -0.39 is 0 Å². The first kappa shape index (κ1) is 13.9. The van der Waals surface area contributed by atoms with E-state index in [9.17, 15) is 4.79 Å². The summed E-state index contributed by atoms with van der Waals surface area (Å²) in [5.74, 6) is 6.17. The lowest BCUT2D eigenvalue weighted by Crippen LogP contribution is -1.94. The number of hydrogen-bond acceptors (Lipinski definition) is 2. The molecule has 0 saturated heterocycles. The molecule has 22 heavy (non-hydrogen) atoms. The van der Waals surface area contributed by atoms with Crippen LogP contribution in [0.15, 0.2) is 66.7 Å². The second kappa shape index (κ2) is 6.15. The van der Waals surface area contributed by atoms with Gasteiger partial charge in [0, 0.05) is 11.1 Å². The van der Waals surface area contributed by atoms with Crippen molar-refractivity contribution in [3.05, 3.63) is 77.9 Å². The predicted molar refractivity (Wildman–Crippen MR) is 88.2 cm³/mol. The summed E-state index contributed by atoms with van der Waals surface area (Å²) in [4.78, 5) is 12.2. The monoisotopic (exact) mass is 286 g/mol. The molecule has 0 amide bonds. The molecule has 0 aromatic heterocycles. The molecular formula is C20H14O2. The number of methoxy groups -OCH3 is 1. The highest BCUT2D eigenvalue weighted by Crippen LogP contribution is 2.16. The van der Waals surface area contributed by atoms with Gasteiger partial charge in [0.2, 0.25) is 5.78 Å². The van der Waals surface area contributed by atoms with Crippen LogP contribution in [0.3, 0.4) is 0 Å². The molecule has 0 heterocycles. The fraction of sp³-hybridized carbons (Fsp3) is 0.0500. The molecule has 3 aromatic carbocycles. The third kappa shape index (κ3) is 2.99. The maximum atomic E-state index is 12.2. The van der Waals surface area contributed by atoms with E-state index in [4.69, 9.17) is 4.74 Å². The first-order valence-corrected chi connectivity index (χ1v) is 6.95. The molecule has 2 nitrogen and oxygen atoms in total. The first-order chi connectivity index (χ1) is 10.8. The van der Waals surface area contributed by atoms with E-state index in [1.807, 2.05) is 66.7 Å². The number of carbonyl (C=O) groups is 1. The normalized spacial score (nSPS) is 9.86. The Balaban J connectivity index is 1.85. The van der Waals surface area contributed by atoms with Crippen LogP contribution in [0.5, 0.6) is 5.75 Å². The molecule has 0 aliphatic heterocycles. The van der Waals surface area contributed by atoms with Gasteiger partial charge in [-0.1, -0.05) is 36.3 Å². The number of ether oxygens (including phenoxy) is 1. The molecule has 0 unspecified atom stereocenters. The summed E-state index contributed by atoms with van der Waals surface area (Å²) in [6.45, 7) is 0. The van der Waals surface area contributed by atoms with Gasteiger partial charge in [0.05, 0.1) is 7.11 Å². The van der Waals surface area contributed by atoms with Gasteiger partial charge in [-0.2, -0.15) is 0 Å². The van der Waals surface area contributed by atoms with Crippen LogP contribution in [0.2, 0.25) is 0 Å². The van der Waals surface area contributed by atoms with Gasteiger partial charge in [0.25, 0.3) is 0 Å². The van der Waals surface area contributed by atoms with Crippen LogP contribution in [0.25, 0.3) is 10.8 Å². The third-order valence-corrected chi connectivity index (χ3v) is 3.42. The Morgan fingerprint density at radius 3 is 2.36 bits per heavy atom. The fourth-order valence-corrected chi connectivity index (χ4v) is 2.21. The van der Waals surface area contributed by atoms with Gasteiger partial charge < -0.3 is 4.74 Å². The van der Waals surface area contributed by atoms with Crippen LogP contribution in [0.1, 0.15) is 15.9 Å². The van der Waals surface area contributed by atoms with Crippen LogP contribution < -0.4 is 4.74 Å². The van der Waals surface area contributed by atoms with Crippen LogP contribution in [-0.2, 0) is 0 Å². The van der Waals surface area contributed by atoms with E-state index in [0.29, 0.717) is 5.56 Å². The van der Waals surface area contributed by atoms with Gasteiger partial charge in [-0.3, -0.25) is 4.79 Å². The van der Waals surface area contributed by atoms with Crippen molar-refractivity contribution in [1.29, 1.82) is 0 Å². The molecule has 106 valence electrons. The number of hydrogen-bond donors (Lipinski definition) is 0. The van der Waals surface area contributed by atoms with Crippen molar-refractivity contribution in [3.8, 4) is 17.6 Å².